The summed E-state index contributed by atoms with van der Waals surface area (Å²) >= 11 is 1.84. The Morgan fingerprint density at radius 2 is 0.911 bits per heavy atom. The van der Waals surface area contributed by atoms with Gasteiger partial charge in [-0.05, 0) is 81.9 Å². The third-order valence-electron chi connectivity index (χ3n) is 10.7. The summed E-state index contributed by atoms with van der Waals surface area (Å²) in [6, 6.07) is 68.3. The summed E-state index contributed by atoms with van der Waals surface area (Å²) in [7, 11) is 0. The molecule has 11 aromatic rings. The van der Waals surface area contributed by atoms with Crippen LogP contribution < -0.4 is 0 Å². The second-order valence-electron chi connectivity index (χ2n) is 14.1. The van der Waals surface area contributed by atoms with Crippen molar-refractivity contribution in [2.75, 3.05) is 0 Å². The summed E-state index contributed by atoms with van der Waals surface area (Å²) in [6.45, 7) is 0. The minimum absolute atomic E-state index is 0.652. The second-order valence-corrected chi connectivity index (χ2v) is 15.2. The van der Waals surface area contributed by atoms with E-state index in [0.29, 0.717) is 5.82 Å². The average molecular weight is 733 g/mol. The van der Waals surface area contributed by atoms with Crippen molar-refractivity contribution >= 4 is 53.4 Å². The lowest BCUT2D eigenvalue weighted by atomic mass is 9.93. The van der Waals surface area contributed by atoms with Gasteiger partial charge in [-0.1, -0.05) is 146 Å². The lowest BCUT2D eigenvalue weighted by molar-refractivity contribution is 0.670. The van der Waals surface area contributed by atoms with Crippen molar-refractivity contribution < 1.29 is 4.42 Å². The normalized spacial score (nSPS) is 11.6. The van der Waals surface area contributed by atoms with E-state index in [1.54, 1.807) is 0 Å². The minimum Gasteiger partial charge on any atom is -0.455 e. The maximum Gasteiger partial charge on any atom is 0.160 e. The van der Waals surface area contributed by atoms with Crippen LogP contribution in [0.2, 0.25) is 0 Å². The van der Waals surface area contributed by atoms with Crippen LogP contribution in [0.5, 0.6) is 0 Å². The number of thiophene rings is 1. The number of furan rings is 1. The molecule has 0 aliphatic carbocycles. The average Bonchev–Trinajstić information content (AvgIpc) is 3.86. The second kappa shape index (κ2) is 13.3. The van der Waals surface area contributed by atoms with Crippen molar-refractivity contribution in [1.82, 2.24) is 9.97 Å². The molecule has 0 aliphatic rings. The molecule has 0 spiro atoms. The maximum atomic E-state index is 6.87. The number of aromatic nitrogens is 2. The van der Waals surface area contributed by atoms with Gasteiger partial charge in [-0.15, -0.1) is 11.3 Å². The molecule has 0 unspecified atom stereocenters. The number of para-hydroxylation sites is 1. The third-order valence-corrected chi connectivity index (χ3v) is 11.8. The van der Waals surface area contributed by atoms with Crippen molar-refractivity contribution in [2.45, 2.75) is 0 Å². The van der Waals surface area contributed by atoms with Crippen molar-refractivity contribution in [3.05, 3.63) is 194 Å². The van der Waals surface area contributed by atoms with E-state index in [-0.39, 0.29) is 0 Å². The van der Waals surface area contributed by atoms with Crippen LogP contribution in [0.15, 0.2) is 199 Å². The molecule has 262 valence electrons. The molecule has 11 rings (SSSR count). The van der Waals surface area contributed by atoms with Crippen LogP contribution in [0.25, 0.3) is 109 Å². The van der Waals surface area contributed by atoms with E-state index < -0.39 is 0 Å². The van der Waals surface area contributed by atoms with E-state index in [4.69, 9.17) is 14.4 Å². The molecule has 8 aromatic carbocycles. The first-order valence-electron chi connectivity index (χ1n) is 18.8. The van der Waals surface area contributed by atoms with E-state index >= 15 is 0 Å². The molecule has 56 heavy (non-hydrogen) atoms. The molecular weight excluding hydrogens is 701 g/mol. The zero-order valence-electron chi connectivity index (χ0n) is 30.2. The fourth-order valence-electron chi connectivity index (χ4n) is 8.08. The zero-order valence-corrected chi connectivity index (χ0v) is 31.0. The Balaban J connectivity index is 1.17. The van der Waals surface area contributed by atoms with Crippen LogP contribution in [0.4, 0.5) is 0 Å². The van der Waals surface area contributed by atoms with E-state index in [2.05, 4.69) is 182 Å². The Kier molecular flexibility index (Phi) is 7.68. The van der Waals surface area contributed by atoms with Gasteiger partial charge in [0.15, 0.2) is 5.82 Å². The molecule has 3 aromatic heterocycles. The molecule has 0 N–H and O–H groups in total. The van der Waals surface area contributed by atoms with Gasteiger partial charge >= 0.3 is 0 Å². The zero-order chi connectivity index (χ0) is 37.0. The Morgan fingerprint density at radius 3 is 1.64 bits per heavy atom. The number of rotatable bonds is 6. The molecule has 0 amide bonds. The van der Waals surface area contributed by atoms with Crippen molar-refractivity contribution in [3.8, 4) is 67.3 Å². The molecule has 4 heteroatoms. The third kappa shape index (κ3) is 5.50. The highest BCUT2D eigenvalue weighted by Gasteiger charge is 2.22. The molecule has 0 aliphatic heterocycles. The summed E-state index contributed by atoms with van der Waals surface area (Å²) in [6.07, 6.45) is 0. The number of nitrogens with zero attached hydrogens (tertiary/aromatic N) is 2. The largest absolute Gasteiger partial charge is 0.455 e. The number of fused-ring (bicyclic) bond motifs is 6. The Labute approximate surface area is 327 Å². The molecule has 0 atom stereocenters. The predicted octanol–water partition coefficient (Wildman–Crippen LogP) is 14.7. The van der Waals surface area contributed by atoms with Gasteiger partial charge in [0.05, 0.1) is 11.4 Å². The van der Waals surface area contributed by atoms with Crippen molar-refractivity contribution in [1.29, 1.82) is 0 Å². The van der Waals surface area contributed by atoms with Gasteiger partial charge in [0.1, 0.15) is 11.2 Å². The quantitative estimate of drug-likeness (QED) is 0.171. The summed E-state index contributed by atoms with van der Waals surface area (Å²) in [5, 5.41) is 4.71. The summed E-state index contributed by atoms with van der Waals surface area (Å²) in [4.78, 5) is 10.7. The summed E-state index contributed by atoms with van der Waals surface area (Å²) in [5.41, 5.74) is 13.0. The van der Waals surface area contributed by atoms with Crippen molar-refractivity contribution in [3.63, 3.8) is 0 Å². The van der Waals surface area contributed by atoms with Crippen LogP contribution in [0.3, 0.4) is 0 Å². The highest BCUT2D eigenvalue weighted by Crippen LogP contribution is 2.46. The van der Waals surface area contributed by atoms with Crippen LogP contribution in [0, 0.1) is 0 Å². The molecule has 0 fully saturated rings. The van der Waals surface area contributed by atoms with Gasteiger partial charge in [-0.25, -0.2) is 9.97 Å². The molecule has 0 radical (unpaired) electrons. The number of hydrogen-bond donors (Lipinski definition) is 0. The van der Waals surface area contributed by atoms with Gasteiger partial charge in [-0.2, -0.15) is 0 Å². The fourth-order valence-corrected chi connectivity index (χ4v) is 9.21. The smallest absolute Gasteiger partial charge is 0.160 e. The Morgan fingerprint density at radius 1 is 0.357 bits per heavy atom. The molecule has 3 nitrogen and oxygen atoms in total. The number of benzene rings is 8. The van der Waals surface area contributed by atoms with E-state index in [9.17, 15) is 0 Å². The SMILES string of the molecule is c1ccc(-c2cc(-c3ccccc3)cc(-c3nc(-c4ccccc4)cc(-c4ccc(-c5cccc6sc7ccccc7c56)c5c4oc4ccccc45)n3)c2)cc1. The lowest BCUT2D eigenvalue weighted by Crippen LogP contribution is -1.97. The highest BCUT2D eigenvalue weighted by atomic mass is 32.1. The fraction of sp³-hybridized carbons (Fsp3) is 0. The van der Waals surface area contributed by atoms with Gasteiger partial charge in [0.25, 0.3) is 0 Å². The van der Waals surface area contributed by atoms with Crippen LogP contribution >= 0.6 is 11.3 Å². The van der Waals surface area contributed by atoms with Crippen LogP contribution in [-0.4, -0.2) is 9.97 Å². The van der Waals surface area contributed by atoms with E-state index in [0.717, 1.165) is 77.8 Å². The maximum absolute atomic E-state index is 6.87. The summed E-state index contributed by atoms with van der Waals surface area (Å²) in [5.74, 6) is 0.652. The monoisotopic (exact) mass is 732 g/mol. The van der Waals surface area contributed by atoms with Gasteiger partial charge < -0.3 is 4.42 Å². The standard InChI is InChI=1S/C52H32N2OS/c1-4-15-33(16-5-1)36-29-37(34-17-6-2-7-18-34)31-38(30-36)52-53-44(35-19-8-3-9-20-35)32-45(54-52)41-28-27-40(50-42-21-10-12-24-46(42)55-51(41)50)39-23-14-26-48-49(39)43-22-11-13-25-47(43)56-48/h1-32H. The Hall–Kier alpha value is -7.14. The summed E-state index contributed by atoms with van der Waals surface area (Å²) < 4.78 is 9.43. The van der Waals surface area contributed by atoms with Gasteiger partial charge in [0.2, 0.25) is 0 Å². The van der Waals surface area contributed by atoms with Crippen LogP contribution in [0.1, 0.15) is 0 Å². The molecule has 0 saturated heterocycles. The highest BCUT2D eigenvalue weighted by molar-refractivity contribution is 7.25. The van der Waals surface area contributed by atoms with Crippen molar-refractivity contribution in [2.24, 2.45) is 0 Å². The first-order chi connectivity index (χ1) is 27.7. The van der Waals surface area contributed by atoms with E-state index in [1.807, 2.05) is 23.5 Å². The predicted molar refractivity (Wildman–Crippen MR) is 235 cm³/mol. The molecule has 0 bridgehead atoms. The Bertz CT molecular complexity index is 3180. The van der Waals surface area contributed by atoms with Gasteiger partial charge in [0, 0.05) is 47.6 Å². The molecule has 0 saturated carbocycles. The first-order valence-corrected chi connectivity index (χ1v) is 19.6. The van der Waals surface area contributed by atoms with E-state index in [1.165, 1.54) is 25.7 Å². The topological polar surface area (TPSA) is 38.9 Å². The minimum atomic E-state index is 0.652. The molecular formula is C52H32N2OS. The van der Waals surface area contributed by atoms with Gasteiger partial charge in [-0.3, -0.25) is 0 Å². The first kappa shape index (κ1) is 32.3. The molecule has 3 heterocycles. The van der Waals surface area contributed by atoms with Crippen LogP contribution in [-0.2, 0) is 0 Å². The lowest BCUT2D eigenvalue weighted by Gasteiger charge is -2.14. The number of hydrogen-bond acceptors (Lipinski definition) is 4.